The van der Waals surface area contributed by atoms with Crippen molar-refractivity contribution < 1.29 is 14.6 Å². The molecular formula is C48H53ClN2O3S3. The molecule has 0 bridgehead atoms. The summed E-state index contributed by atoms with van der Waals surface area (Å²) in [7, 11) is 0. The van der Waals surface area contributed by atoms with Crippen molar-refractivity contribution >= 4 is 57.2 Å². The zero-order chi connectivity index (χ0) is 40.9. The van der Waals surface area contributed by atoms with Gasteiger partial charge in [-0.15, -0.1) is 34.0 Å². The van der Waals surface area contributed by atoms with Gasteiger partial charge >= 0.3 is 0 Å². The molecule has 1 fully saturated rings. The van der Waals surface area contributed by atoms with Crippen LogP contribution in [-0.4, -0.2) is 17.6 Å². The number of nitrogens with one attached hydrogen (secondary N) is 2. The number of aliphatic hydroxyl groups is 1. The fourth-order valence-corrected chi connectivity index (χ4v) is 10.8. The first-order valence-electron chi connectivity index (χ1n) is 19.6. The van der Waals surface area contributed by atoms with Crippen molar-refractivity contribution in [1.82, 2.24) is 5.32 Å². The molecule has 9 heteroatoms. The number of aliphatic hydroxyl groups excluding tert-OH is 1. The summed E-state index contributed by atoms with van der Waals surface area (Å²) in [6.45, 7) is 20.4. The van der Waals surface area contributed by atoms with Crippen molar-refractivity contribution in [3.8, 4) is 37.1 Å². The Morgan fingerprint density at radius 3 is 1.88 bits per heavy atom. The van der Waals surface area contributed by atoms with Crippen LogP contribution in [-0.2, 0) is 27.6 Å². The van der Waals surface area contributed by atoms with Crippen LogP contribution in [0.15, 0.2) is 91.0 Å². The predicted molar refractivity (Wildman–Crippen MR) is 244 cm³/mol. The van der Waals surface area contributed by atoms with E-state index in [4.69, 9.17) is 16.3 Å². The number of thiophene rings is 3. The van der Waals surface area contributed by atoms with E-state index in [2.05, 4.69) is 140 Å². The minimum Gasteiger partial charge on any atom is -0.482 e. The molecule has 2 atom stereocenters. The number of ether oxygens (including phenoxy) is 1. The summed E-state index contributed by atoms with van der Waals surface area (Å²) in [5.41, 5.74) is 7.23. The minimum atomic E-state index is -0.627. The highest BCUT2D eigenvalue weighted by Gasteiger charge is 2.30. The molecular weight excluding hydrogens is 784 g/mol. The van der Waals surface area contributed by atoms with E-state index in [1.54, 1.807) is 22.7 Å². The minimum absolute atomic E-state index is 0.0107. The van der Waals surface area contributed by atoms with Crippen molar-refractivity contribution in [3.05, 3.63) is 127 Å². The lowest BCUT2D eigenvalue weighted by atomic mass is 9.91. The quantitative estimate of drug-likeness (QED) is 0.114. The molecule has 1 amide bonds. The number of carbonyl (C=O) groups excluding carboxylic acids is 1. The summed E-state index contributed by atoms with van der Waals surface area (Å²) in [5.74, 6) is 0.611. The molecule has 1 aliphatic rings. The Morgan fingerprint density at radius 1 is 0.754 bits per heavy atom. The summed E-state index contributed by atoms with van der Waals surface area (Å²) in [4.78, 5) is 19.2. The molecule has 2 unspecified atom stereocenters. The van der Waals surface area contributed by atoms with Crippen LogP contribution < -0.4 is 15.4 Å². The van der Waals surface area contributed by atoms with Crippen LogP contribution in [0.25, 0.3) is 31.3 Å². The van der Waals surface area contributed by atoms with Gasteiger partial charge in [-0.05, 0) is 93.1 Å². The van der Waals surface area contributed by atoms with Crippen molar-refractivity contribution in [2.75, 3.05) is 11.9 Å². The van der Waals surface area contributed by atoms with Gasteiger partial charge in [0.25, 0.3) is 0 Å². The van der Waals surface area contributed by atoms with Gasteiger partial charge in [0.1, 0.15) is 11.9 Å². The third-order valence-corrected chi connectivity index (χ3v) is 15.4. The fourth-order valence-electron chi connectivity index (χ4n) is 7.03. The van der Waals surface area contributed by atoms with Crippen LogP contribution in [0.2, 0.25) is 5.02 Å². The SMILES string of the molecule is CC(C)(C)c1ccc(-c2cc(NCc3ccc(OC(CO)c4ccccc4-c4ccc(C(C)(C)C)s4)c(Cl)c3-c3ccc(C(C)(C)C)s3)ccc2C2CC(=O)N2)s1. The summed E-state index contributed by atoms with van der Waals surface area (Å²) in [5, 5.41) is 18.1. The average Bonchev–Trinajstić information content (AvgIpc) is 3.94. The molecule has 1 saturated heterocycles. The normalized spacial score (nSPS) is 15.3. The first-order chi connectivity index (χ1) is 26.9. The van der Waals surface area contributed by atoms with Crippen molar-refractivity contribution in [2.24, 2.45) is 0 Å². The molecule has 0 saturated carbocycles. The molecule has 298 valence electrons. The van der Waals surface area contributed by atoms with Gasteiger partial charge in [-0.25, -0.2) is 0 Å². The number of β-lactam (4-membered cyclic amide) rings is 1. The third-order valence-electron chi connectivity index (χ3n) is 10.4. The van der Waals surface area contributed by atoms with Gasteiger partial charge in [-0.1, -0.05) is 110 Å². The first-order valence-corrected chi connectivity index (χ1v) is 22.4. The smallest absolute Gasteiger partial charge is 0.222 e. The molecule has 3 aromatic heterocycles. The standard InChI is InChI=1S/C48H53ClN2O3S3/c1-46(2,3)40-21-18-37(55-40)32-13-11-10-12-31(32)36(27-52)54-35-17-14-28(44(45(35)49)39-20-23-42(57-39)48(7,8)9)26-50-29-15-16-30(34-25-43(53)51-34)33(24-29)38-19-22-41(56-38)47(4,5)6/h10-24,34,36,50,52H,25-27H2,1-9H3,(H,51,53). The summed E-state index contributed by atoms with van der Waals surface area (Å²) < 4.78 is 6.70. The van der Waals surface area contributed by atoms with Gasteiger partial charge < -0.3 is 20.5 Å². The fraction of sp³-hybridized carbons (Fsp3) is 0.354. The Bertz CT molecular complexity index is 2390. The van der Waals surface area contributed by atoms with Crippen molar-refractivity contribution in [3.63, 3.8) is 0 Å². The van der Waals surface area contributed by atoms with Crippen LogP contribution in [0.4, 0.5) is 5.69 Å². The highest BCUT2D eigenvalue weighted by molar-refractivity contribution is 7.16. The zero-order valence-corrected chi connectivity index (χ0v) is 37.5. The highest BCUT2D eigenvalue weighted by atomic mass is 35.5. The maximum absolute atomic E-state index is 12.0. The van der Waals surface area contributed by atoms with Crippen LogP contribution >= 0.6 is 45.6 Å². The molecule has 4 heterocycles. The number of amides is 1. The van der Waals surface area contributed by atoms with Crippen LogP contribution in [0, 0.1) is 0 Å². The first kappa shape index (κ1) is 41.2. The van der Waals surface area contributed by atoms with E-state index in [1.807, 2.05) is 35.6 Å². The van der Waals surface area contributed by atoms with E-state index in [0.717, 1.165) is 48.8 Å². The van der Waals surface area contributed by atoms with E-state index in [1.165, 1.54) is 19.5 Å². The number of carbonyl (C=O) groups is 1. The maximum Gasteiger partial charge on any atom is 0.222 e. The van der Waals surface area contributed by atoms with E-state index >= 15 is 0 Å². The Morgan fingerprint density at radius 2 is 1.32 bits per heavy atom. The van der Waals surface area contributed by atoms with Crippen LogP contribution in [0.1, 0.15) is 112 Å². The molecule has 57 heavy (non-hydrogen) atoms. The van der Waals surface area contributed by atoms with Crippen LogP contribution in [0.3, 0.4) is 0 Å². The van der Waals surface area contributed by atoms with Crippen molar-refractivity contribution in [1.29, 1.82) is 0 Å². The maximum atomic E-state index is 12.0. The van der Waals surface area contributed by atoms with Gasteiger partial charge in [-0.2, -0.15) is 0 Å². The number of hydrogen-bond acceptors (Lipinski definition) is 7. The Kier molecular flexibility index (Phi) is 11.6. The largest absolute Gasteiger partial charge is 0.482 e. The molecule has 0 aliphatic carbocycles. The number of hydrogen-bond donors (Lipinski definition) is 3. The molecule has 0 spiro atoms. The summed E-state index contributed by atoms with van der Waals surface area (Å²) in [6.07, 6.45) is -0.127. The number of anilines is 1. The topological polar surface area (TPSA) is 70.6 Å². The number of rotatable bonds is 11. The summed E-state index contributed by atoms with van der Waals surface area (Å²) in [6, 6.07) is 31.8. The monoisotopic (exact) mass is 836 g/mol. The van der Waals surface area contributed by atoms with Gasteiger partial charge in [0.15, 0.2) is 0 Å². The molecule has 5 nitrogen and oxygen atoms in total. The molecule has 7 rings (SSSR count). The summed E-state index contributed by atoms with van der Waals surface area (Å²) >= 11 is 12.8. The van der Waals surface area contributed by atoms with Gasteiger partial charge in [0, 0.05) is 52.6 Å². The lowest BCUT2D eigenvalue weighted by molar-refractivity contribution is -0.128. The number of benzene rings is 3. The second-order valence-corrected chi connectivity index (χ2v) is 21.6. The van der Waals surface area contributed by atoms with Gasteiger partial charge in [0.05, 0.1) is 24.1 Å². The van der Waals surface area contributed by atoms with E-state index in [9.17, 15) is 9.90 Å². The Balaban J connectivity index is 1.23. The van der Waals surface area contributed by atoms with Crippen LogP contribution in [0.5, 0.6) is 5.75 Å². The van der Waals surface area contributed by atoms with E-state index in [0.29, 0.717) is 23.7 Å². The van der Waals surface area contributed by atoms with Gasteiger partial charge in [-0.3, -0.25) is 4.79 Å². The predicted octanol–water partition coefficient (Wildman–Crippen LogP) is 13.7. The number of halogens is 1. The van der Waals surface area contributed by atoms with Gasteiger partial charge in [0.2, 0.25) is 5.91 Å². The second kappa shape index (κ2) is 16.0. The zero-order valence-electron chi connectivity index (χ0n) is 34.3. The van der Waals surface area contributed by atoms with E-state index < -0.39 is 6.10 Å². The highest BCUT2D eigenvalue weighted by Crippen LogP contribution is 2.46. The Hall–Kier alpha value is -3.92. The molecule has 6 aromatic rings. The average molecular weight is 838 g/mol. The Labute approximate surface area is 355 Å². The molecule has 0 radical (unpaired) electrons. The molecule has 3 aromatic carbocycles. The molecule has 1 aliphatic heterocycles. The molecule has 3 N–H and O–H groups in total. The second-order valence-electron chi connectivity index (χ2n) is 18.0. The lowest BCUT2D eigenvalue weighted by Crippen LogP contribution is -2.41. The lowest BCUT2D eigenvalue weighted by Gasteiger charge is -2.29. The van der Waals surface area contributed by atoms with Crippen molar-refractivity contribution in [2.45, 2.75) is 104 Å². The third kappa shape index (κ3) is 8.91. The van der Waals surface area contributed by atoms with E-state index in [-0.39, 0.29) is 34.8 Å².